The molecule has 0 fully saturated rings. The zero-order chi connectivity index (χ0) is 24.1. The molecule has 3 heteroatoms. The zero-order valence-electron chi connectivity index (χ0n) is 22.2. The predicted molar refractivity (Wildman–Crippen MR) is 147 cm³/mol. The summed E-state index contributed by atoms with van der Waals surface area (Å²) in [4.78, 5) is 9.04. The Labute approximate surface area is 210 Å². The van der Waals surface area contributed by atoms with Gasteiger partial charge < -0.3 is 4.74 Å². The Morgan fingerprint density at radius 2 is 1.03 bits per heavy atom. The summed E-state index contributed by atoms with van der Waals surface area (Å²) in [5.41, 5.74) is 2.49. The van der Waals surface area contributed by atoms with Crippen LogP contribution in [-0.4, -0.2) is 16.6 Å². The van der Waals surface area contributed by atoms with Crippen molar-refractivity contribution in [2.75, 3.05) is 6.61 Å². The summed E-state index contributed by atoms with van der Waals surface area (Å²) < 4.78 is 5.82. The van der Waals surface area contributed by atoms with E-state index in [1.165, 1.54) is 115 Å². The first kappa shape index (κ1) is 28.3. The van der Waals surface area contributed by atoms with E-state index in [0.717, 1.165) is 30.2 Å². The van der Waals surface area contributed by atoms with Gasteiger partial charge in [0.05, 0.1) is 19.0 Å². The van der Waals surface area contributed by atoms with Crippen LogP contribution in [0.3, 0.4) is 0 Å². The largest absolute Gasteiger partial charge is 0.490 e. The molecule has 0 saturated heterocycles. The fourth-order valence-electron chi connectivity index (χ4n) is 4.43. The molecule has 34 heavy (non-hydrogen) atoms. The van der Waals surface area contributed by atoms with E-state index >= 15 is 0 Å². The van der Waals surface area contributed by atoms with Gasteiger partial charge in [-0.15, -0.1) is 0 Å². The molecular weight excluding hydrogens is 416 g/mol. The van der Waals surface area contributed by atoms with Crippen molar-refractivity contribution in [2.24, 2.45) is 0 Å². The second kappa shape index (κ2) is 19.4. The monoisotopic (exact) mass is 466 g/mol. The van der Waals surface area contributed by atoms with Gasteiger partial charge in [-0.25, -0.2) is 9.97 Å². The maximum Gasteiger partial charge on any atom is 0.159 e. The van der Waals surface area contributed by atoms with Crippen LogP contribution in [0.5, 0.6) is 5.75 Å². The molecule has 1 aromatic carbocycles. The highest BCUT2D eigenvalue weighted by atomic mass is 16.5. The fourth-order valence-corrected chi connectivity index (χ4v) is 4.43. The first-order valence-electron chi connectivity index (χ1n) is 14.4. The molecule has 0 aliphatic carbocycles. The van der Waals surface area contributed by atoms with E-state index < -0.39 is 0 Å². The molecule has 0 N–H and O–H groups in total. The molecule has 0 spiro atoms. The van der Waals surface area contributed by atoms with Crippen LogP contribution < -0.4 is 4.74 Å². The predicted octanol–water partition coefficient (Wildman–Crippen LogP) is 9.74. The molecule has 0 atom stereocenters. The van der Waals surface area contributed by atoms with Gasteiger partial charge in [0, 0.05) is 5.56 Å². The third-order valence-corrected chi connectivity index (χ3v) is 6.68. The van der Waals surface area contributed by atoms with Gasteiger partial charge in [0.25, 0.3) is 0 Å². The van der Waals surface area contributed by atoms with Crippen LogP contribution in [0.2, 0.25) is 0 Å². The van der Waals surface area contributed by atoms with Crippen molar-refractivity contribution in [1.82, 2.24) is 9.97 Å². The fraction of sp³-hybridized carbons (Fsp3) is 0.677. The molecule has 1 aromatic heterocycles. The maximum absolute atomic E-state index is 5.82. The van der Waals surface area contributed by atoms with E-state index in [2.05, 4.69) is 48.1 Å². The topological polar surface area (TPSA) is 35.0 Å². The van der Waals surface area contributed by atoms with Crippen LogP contribution >= 0.6 is 0 Å². The van der Waals surface area contributed by atoms with Crippen molar-refractivity contribution in [2.45, 2.75) is 129 Å². The Morgan fingerprint density at radius 3 is 1.56 bits per heavy atom. The van der Waals surface area contributed by atoms with Gasteiger partial charge in [0.2, 0.25) is 0 Å². The van der Waals surface area contributed by atoms with Crippen LogP contribution in [0.15, 0.2) is 36.7 Å². The van der Waals surface area contributed by atoms with E-state index in [0.29, 0.717) is 0 Å². The Hall–Kier alpha value is -1.90. The van der Waals surface area contributed by atoms with Crippen molar-refractivity contribution in [1.29, 1.82) is 0 Å². The minimum Gasteiger partial charge on any atom is -0.490 e. The number of rotatable bonds is 21. The normalized spacial score (nSPS) is 11.1. The average molecular weight is 467 g/mol. The first-order valence-corrected chi connectivity index (χ1v) is 14.4. The number of hydrogen-bond acceptors (Lipinski definition) is 3. The minimum absolute atomic E-state index is 0.754. The molecule has 0 unspecified atom stereocenters. The first-order chi connectivity index (χ1) is 16.8. The quantitative estimate of drug-likeness (QED) is 0.172. The highest BCUT2D eigenvalue weighted by Gasteiger charge is 2.03. The van der Waals surface area contributed by atoms with Gasteiger partial charge in [-0.1, -0.05) is 134 Å². The summed E-state index contributed by atoms with van der Waals surface area (Å²) in [7, 11) is 0. The molecule has 3 nitrogen and oxygen atoms in total. The number of hydrogen-bond donors (Lipinski definition) is 0. The summed E-state index contributed by atoms with van der Waals surface area (Å²) in [6.07, 6.45) is 27.7. The maximum atomic E-state index is 5.82. The molecule has 1 heterocycles. The number of benzene rings is 1. The molecule has 0 saturated carbocycles. The van der Waals surface area contributed by atoms with Gasteiger partial charge in [-0.05, 0) is 24.8 Å². The SMILES string of the molecule is CCCCCCCCCCCCc1ccc(-c2ncc(OCCCCCCCCC)cn2)cc1. The van der Waals surface area contributed by atoms with E-state index in [9.17, 15) is 0 Å². The lowest BCUT2D eigenvalue weighted by molar-refractivity contribution is 0.302. The number of aromatic nitrogens is 2. The Morgan fingerprint density at radius 1 is 0.559 bits per heavy atom. The second-order valence-electron chi connectivity index (χ2n) is 9.84. The van der Waals surface area contributed by atoms with Crippen LogP contribution in [0, 0.1) is 0 Å². The van der Waals surface area contributed by atoms with Gasteiger partial charge in [-0.3, -0.25) is 0 Å². The van der Waals surface area contributed by atoms with Gasteiger partial charge in [-0.2, -0.15) is 0 Å². The molecule has 0 bridgehead atoms. The number of unbranched alkanes of at least 4 members (excludes halogenated alkanes) is 15. The number of nitrogens with zero attached hydrogens (tertiary/aromatic N) is 2. The Bertz CT molecular complexity index is 711. The number of ether oxygens (including phenoxy) is 1. The van der Waals surface area contributed by atoms with E-state index in [-0.39, 0.29) is 0 Å². The van der Waals surface area contributed by atoms with Crippen molar-refractivity contribution in [3.63, 3.8) is 0 Å². The molecule has 190 valence electrons. The lowest BCUT2D eigenvalue weighted by atomic mass is 10.0. The van der Waals surface area contributed by atoms with Gasteiger partial charge >= 0.3 is 0 Å². The highest BCUT2D eigenvalue weighted by molar-refractivity contribution is 5.55. The summed E-state index contributed by atoms with van der Waals surface area (Å²) >= 11 is 0. The second-order valence-corrected chi connectivity index (χ2v) is 9.84. The summed E-state index contributed by atoms with van der Waals surface area (Å²) in [5, 5.41) is 0. The smallest absolute Gasteiger partial charge is 0.159 e. The summed E-state index contributed by atoms with van der Waals surface area (Å²) in [5.74, 6) is 1.54. The lowest BCUT2D eigenvalue weighted by Gasteiger charge is -2.07. The van der Waals surface area contributed by atoms with Gasteiger partial charge in [0.15, 0.2) is 11.6 Å². The minimum atomic E-state index is 0.754. The molecule has 0 aliphatic heterocycles. The van der Waals surface area contributed by atoms with Crippen LogP contribution in [0.25, 0.3) is 11.4 Å². The van der Waals surface area contributed by atoms with Crippen LogP contribution in [0.4, 0.5) is 0 Å². The molecular formula is C31H50N2O. The molecule has 2 aromatic rings. The van der Waals surface area contributed by atoms with Crippen molar-refractivity contribution < 1.29 is 4.74 Å². The Balaban J connectivity index is 1.56. The highest BCUT2D eigenvalue weighted by Crippen LogP contribution is 2.19. The van der Waals surface area contributed by atoms with Crippen LogP contribution in [-0.2, 0) is 6.42 Å². The average Bonchev–Trinajstić information content (AvgIpc) is 2.87. The number of aryl methyl sites for hydroxylation is 1. The molecule has 2 rings (SSSR count). The van der Waals surface area contributed by atoms with Crippen molar-refractivity contribution in [3.05, 3.63) is 42.2 Å². The third-order valence-electron chi connectivity index (χ3n) is 6.68. The van der Waals surface area contributed by atoms with E-state index in [1.54, 1.807) is 12.4 Å². The molecule has 0 amide bonds. The van der Waals surface area contributed by atoms with E-state index in [1.807, 2.05) is 0 Å². The lowest BCUT2D eigenvalue weighted by Crippen LogP contribution is -1.99. The summed E-state index contributed by atoms with van der Waals surface area (Å²) in [6, 6.07) is 8.77. The third kappa shape index (κ3) is 13.1. The van der Waals surface area contributed by atoms with Gasteiger partial charge in [0.1, 0.15) is 0 Å². The standard InChI is InChI=1S/C31H50N2O/c1-3-5-7-9-11-12-13-14-16-18-20-28-21-23-29(24-22-28)31-32-26-30(27-33-31)34-25-19-17-15-10-8-6-4-2/h21-24,26-27H,3-20,25H2,1-2H3. The molecule has 0 aliphatic rings. The molecule has 0 radical (unpaired) electrons. The zero-order valence-corrected chi connectivity index (χ0v) is 22.2. The van der Waals surface area contributed by atoms with Crippen molar-refractivity contribution >= 4 is 0 Å². The van der Waals surface area contributed by atoms with Crippen molar-refractivity contribution in [3.8, 4) is 17.1 Å². The van der Waals surface area contributed by atoms with E-state index in [4.69, 9.17) is 4.74 Å². The van der Waals surface area contributed by atoms with Crippen LogP contribution in [0.1, 0.15) is 129 Å². The Kier molecular flexibility index (Phi) is 16.2. The summed E-state index contributed by atoms with van der Waals surface area (Å²) in [6.45, 7) is 5.30.